The fourth-order valence-electron chi connectivity index (χ4n) is 2.53. The number of carbonyl (C=O) groups excluding carboxylic acids is 1. The van der Waals surface area contributed by atoms with Crippen LogP contribution in [0.1, 0.15) is 84.0 Å². The molecule has 1 aliphatic heterocycles. The third-order valence-electron chi connectivity index (χ3n) is 3.82. The molecule has 0 bridgehead atoms. The molecule has 0 aromatic carbocycles. The number of ether oxygens (including phenoxy) is 1. The zero-order chi connectivity index (χ0) is 13.8. The van der Waals surface area contributed by atoms with Crippen molar-refractivity contribution in [3.8, 4) is 0 Å². The number of hydrogen-bond acceptors (Lipinski definition) is 2. The van der Waals surface area contributed by atoms with Crippen LogP contribution in [0.3, 0.4) is 0 Å². The van der Waals surface area contributed by atoms with E-state index in [9.17, 15) is 4.79 Å². The lowest BCUT2D eigenvalue weighted by Crippen LogP contribution is -2.17. The van der Waals surface area contributed by atoms with Gasteiger partial charge in [-0.1, -0.05) is 44.8 Å². The number of cyclic esters (lactones) is 1. The van der Waals surface area contributed by atoms with Crippen molar-refractivity contribution >= 4 is 5.97 Å². The van der Waals surface area contributed by atoms with Gasteiger partial charge in [-0.15, -0.1) is 0 Å². The summed E-state index contributed by atoms with van der Waals surface area (Å²) in [6, 6.07) is 0. The van der Waals surface area contributed by atoms with Gasteiger partial charge in [0, 0.05) is 6.42 Å². The maximum absolute atomic E-state index is 11.7. The van der Waals surface area contributed by atoms with Crippen molar-refractivity contribution in [2.24, 2.45) is 0 Å². The molecule has 0 amide bonds. The van der Waals surface area contributed by atoms with Crippen molar-refractivity contribution in [1.82, 2.24) is 0 Å². The van der Waals surface area contributed by atoms with Crippen LogP contribution >= 0.6 is 0 Å². The first-order valence-corrected chi connectivity index (χ1v) is 8.17. The minimum atomic E-state index is 0.00878. The summed E-state index contributed by atoms with van der Waals surface area (Å²) >= 11 is 0. The average molecular weight is 266 g/mol. The largest absolute Gasteiger partial charge is 0.462 e. The van der Waals surface area contributed by atoms with Gasteiger partial charge in [0.25, 0.3) is 0 Å². The Morgan fingerprint density at radius 2 is 1.63 bits per heavy atom. The molecule has 0 radical (unpaired) electrons. The number of esters is 1. The standard InChI is InChI=1S/C17H30O2/c1-2-16-14-12-10-8-6-4-3-5-7-9-11-13-15-17(18)19-16/h6,8,16H,2-5,7,9-15H2,1H3/b8-6-. The Labute approximate surface area is 118 Å². The van der Waals surface area contributed by atoms with E-state index in [-0.39, 0.29) is 12.1 Å². The molecule has 0 aromatic heterocycles. The predicted molar refractivity (Wildman–Crippen MR) is 80.1 cm³/mol. The molecule has 0 saturated carbocycles. The van der Waals surface area contributed by atoms with E-state index in [4.69, 9.17) is 4.74 Å². The molecule has 0 saturated heterocycles. The molecule has 0 aromatic rings. The van der Waals surface area contributed by atoms with Gasteiger partial charge in [0.2, 0.25) is 0 Å². The Kier molecular flexibility index (Phi) is 9.48. The lowest BCUT2D eigenvalue weighted by Gasteiger charge is -2.15. The lowest BCUT2D eigenvalue weighted by molar-refractivity contribution is -0.149. The summed E-state index contributed by atoms with van der Waals surface area (Å²) in [4.78, 5) is 11.7. The minimum Gasteiger partial charge on any atom is -0.462 e. The molecule has 0 N–H and O–H groups in total. The Hall–Kier alpha value is -0.790. The topological polar surface area (TPSA) is 26.3 Å². The predicted octanol–water partition coefficient (Wildman–Crippen LogP) is 5.17. The first-order chi connectivity index (χ1) is 9.33. The summed E-state index contributed by atoms with van der Waals surface area (Å²) in [6.45, 7) is 2.10. The lowest BCUT2D eigenvalue weighted by atomic mass is 10.1. The number of allylic oxidation sites excluding steroid dienone is 2. The van der Waals surface area contributed by atoms with Gasteiger partial charge in [-0.05, 0) is 44.9 Å². The van der Waals surface area contributed by atoms with Crippen LogP contribution in [0.15, 0.2) is 12.2 Å². The van der Waals surface area contributed by atoms with Gasteiger partial charge in [0.15, 0.2) is 0 Å². The molecule has 1 unspecified atom stereocenters. The normalized spacial score (nSPS) is 26.6. The fraction of sp³-hybridized carbons (Fsp3) is 0.824. The van der Waals surface area contributed by atoms with Crippen LogP contribution in [0, 0.1) is 0 Å². The van der Waals surface area contributed by atoms with Gasteiger partial charge in [-0.25, -0.2) is 0 Å². The third kappa shape index (κ3) is 8.85. The number of carbonyl (C=O) groups is 1. The van der Waals surface area contributed by atoms with Gasteiger partial charge < -0.3 is 4.74 Å². The summed E-state index contributed by atoms with van der Waals surface area (Å²) in [5.41, 5.74) is 0. The summed E-state index contributed by atoms with van der Waals surface area (Å²) in [5.74, 6) is 0.00878. The van der Waals surface area contributed by atoms with E-state index in [0.29, 0.717) is 6.42 Å². The van der Waals surface area contributed by atoms with Gasteiger partial charge in [0.05, 0.1) is 0 Å². The van der Waals surface area contributed by atoms with Crippen molar-refractivity contribution < 1.29 is 9.53 Å². The molecule has 2 heteroatoms. The van der Waals surface area contributed by atoms with Crippen molar-refractivity contribution in [2.75, 3.05) is 0 Å². The van der Waals surface area contributed by atoms with Crippen LogP contribution in [0.2, 0.25) is 0 Å². The first kappa shape index (κ1) is 16.3. The van der Waals surface area contributed by atoms with Gasteiger partial charge in [-0.2, -0.15) is 0 Å². The Morgan fingerprint density at radius 1 is 1.00 bits per heavy atom. The first-order valence-electron chi connectivity index (χ1n) is 8.17. The SMILES string of the molecule is CCC1CCC/C=C\CCCCCCCCC(=O)O1. The molecule has 2 nitrogen and oxygen atoms in total. The van der Waals surface area contributed by atoms with Crippen molar-refractivity contribution in [3.63, 3.8) is 0 Å². The molecule has 1 heterocycles. The maximum atomic E-state index is 11.7. The highest BCUT2D eigenvalue weighted by molar-refractivity contribution is 5.69. The zero-order valence-corrected chi connectivity index (χ0v) is 12.5. The molecule has 0 fully saturated rings. The van der Waals surface area contributed by atoms with E-state index in [1.165, 1.54) is 38.5 Å². The van der Waals surface area contributed by atoms with Crippen LogP contribution < -0.4 is 0 Å². The average Bonchev–Trinajstić information content (AvgIpc) is 2.41. The molecule has 1 atom stereocenters. The summed E-state index contributed by atoms with van der Waals surface area (Å²) in [6.07, 6.45) is 18.1. The molecular formula is C17H30O2. The van der Waals surface area contributed by atoms with E-state index in [1.807, 2.05) is 0 Å². The van der Waals surface area contributed by atoms with E-state index >= 15 is 0 Å². The van der Waals surface area contributed by atoms with Crippen LogP contribution in [0.4, 0.5) is 0 Å². The second-order valence-electron chi connectivity index (χ2n) is 5.58. The highest BCUT2D eigenvalue weighted by Crippen LogP contribution is 2.14. The summed E-state index contributed by atoms with van der Waals surface area (Å²) < 4.78 is 5.54. The van der Waals surface area contributed by atoms with Crippen LogP contribution in [0.25, 0.3) is 0 Å². The van der Waals surface area contributed by atoms with Gasteiger partial charge in [0.1, 0.15) is 6.10 Å². The van der Waals surface area contributed by atoms with Crippen molar-refractivity contribution in [2.45, 2.75) is 90.1 Å². The monoisotopic (exact) mass is 266 g/mol. The number of rotatable bonds is 1. The van der Waals surface area contributed by atoms with Crippen LogP contribution in [-0.2, 0) is 9.53 Å². The van der Waals surface area contributed by atoms with Crippen LogP contribution in [-0.4, -0.2) is 12.1 Å². The third-order valence-corrected chi connectivity index (χ3v) is 3.82. The second kappa shape index (κ2) is 11.1. The minimum absolute atomic E-state index is 0.00878. The molecule has 0 spiro atoms. The van der Waals surface area contributed by atoms with E-state index in [1.54, 1.807) is 0 Å². The molecule has 0 aliphatic carbocycles. The van der Waals surface area contributed by atoms with Crippen molar-refractivity contribution in [3.05, 3.63) is 12.2 Å². The van der Waals surface area contributed by atoms with E-state index in [0.717, 1.165) is 32.1 Å². The highest BCUT2D eigenvalue weighted by Gasteiger charge is 2.11. The van der Waals surface area contributed by atoms with Crippen LogP contribution in [0.5, 0.6) is 0 Å². The fourth-order valence-corrected chi connectivity index (χ4v) is 2.53. The highest BCUT2D eigenvalue weighted by atomic mass is 16.5. The molecule has 1 rings (SSSR count). The Morgan fingerprint density at radius 3 is 2.37 bits per heavy atom. The Bertz CT molecular complexity index is 258. The summed E-state index contributed by atoms with van der Waals surface area (Å²) in [7, 11) is 0. The van der Waals surface area contributed by atoms with Crippen molar-refractivity contribution in [1.29, 1.82) is 0 Å². The smallest absolute Gasteiger partial charge is 0.306 e. The van der Waals surface area contributed by atoms with E-state index < -0.39 is 0 Å². The van der Waals surface area contributed by atoms with E-state index in [2.05, 4.69) is 19.1 Å². The molecule has 110 valence electrons. The number of hydrogen-bond donors (Lipinski definition) is 0. The Balaban J connectivity index is 2.35. The van der Waals surface area contributed by atoms with Gasteiger partial charge in [-0.3, -0.25) is 4.79 Å². The molecular weight excluding hydrogens is 236 g/mol. The second-order valence-corrected chi connectivity index (χ2v) is 5.58. The maximum Gasteiger partial charge on any atom is 0.306 e. The zero-order valence-electron chi connectivity index (χ0n) is 12.5. The quantitative estimate of drug-likeness (QED) is 0.483. The molecule has 1 aliphatic rings. The molecule has 19 heavy (non-hydrogen) atoms. The summed E-state index contributed by atoms with van der Waals surface area (Å²) in [5, 5.41) is 0. The van der Waals surface area contributed by atoms with Gasteiger partial charge >= 0.3 is 5.97 Å².